The van der Waals surface area contributed by atoms with Crippen LogP contribution in [0.3, 0.4) is 0 Å². The number of likely N-dealkylation sites (tertiary alicyclic amines) is 1. The van der Waals surface area contributed by atoms with Gasteiger partial charge in [0.15, 0.2) is 10.4 Å². The van der Waals surface area contributed by atoms with Crippen molar-refractivity contribution < 1.29 is 18.8 Å². The maximum atomic E-state index is 12.5. The first-order chi connectivity index (χ1) is 13.0. The molecule has 0 saturated carbocycles. The van der Waals surface area contributed by atoms with Crippen molar-refractivity contribution >= 4 is 39.3 Å². The number of para-hydroxylation sites is 1. The molecule has 0 aliphatic carbocycles. The Bertz CT molecular complexity index is 821. The molecule has 0 unspecified atom stereocenters. The molecule has 1 saturated heterocycles. The van der Waals surface area contributed by atoms with Crippen molar-refractivity contribution in [2.45, 2.75) is 12.8 Å². The second kappa shape index (κ2) is 8.85. The van der Waals surface area contributed by atoms with Gasteiger partial charge in [-0.2, -0.15) is 0 Å². The smallest absolute Gasteiger partial charge is 0.287 e. The molecule has 27 heavy (non-hydrogen) atoms. The zero-order valence-corrected chi connectivity index (χ0v) is 16.2. The van der Waals surface area contributed by atoms with E-state index in [0.29, 0.717) is 17.8 Å². The fourth-order valence-corrected chi connectivity index (χ4v) is 3.28. The summed E-state index contributed by atoms with van der Waals surface area (Å²) >= 11 is 3.13. The van der Waals surface area contributed by atoms with Gasteiger partial charge >= 0.3 is 0 Å². The predicted molar refractivity (Wildman–Crippen MR) is 103 cm³/mol. The summed E-state index contributed by atoms with van der Waals surface area (Å²) in [5, 5.41) is 5.43. The lowest BCUT2D eigenvalue weighted by Gasteiger charge is -2.32. The molecule has 2 N–H and O–H groups in total. The van der Waals surface area contributed by atoms with Crippen LogP contribution >= 0.6 is 15.9 Å². The summed E-state index contributed by atoms with van der Waals surface area (Å²) in [6.45, 7) is 0.792. The Morgan fingerprint density at radius 2 is 1.93 bits per heavy atom. The first-order valence-corrected chi connectivity index (χ1v) is 9.49. The molecule has 1 fully saturated rings. The molecule has 3 amide bonds. The van der Waals surface area contributed by atoms with Crippen LogP contribution in [0.4, 0.5) is 5.69 Å². The van der Waals surface area contributed by atoms with Crippen molar-refractivity contribution in [3.63, 3.8) is 0 Å². The summed E-state index contributed by atoms with van der Waals surface area (Å²) in [6, 6.07) is 12.4. The van der Waals surface area contributed by atoms with Gasteiger partial charge in [0.2, 0.25) is 11.8 Å². The molecule has 2 heterocycles. The monoisotopic (exact) mass is 433 g/mol. The number of carbonyl (C=O) groups excluding carboxylic acids is 3. The molecule has 1 aliphatic heterocycles. The first-order valence-electron chi connectivity index (χ1n) is 8.70. The van der Waals surface area contributed by atoms with E-state index >= 15 is 0 Å². The van der Waals surface area contributed by atoms with Gasteiger partial charge in [-0.25, -0.2) is 0 Å². The molecule has 3 rings (SSSR count). The summed E-state index contributed by atoms with van der Waals surface area (Å²) < 4.78 is 5.60. The highest BCUT2D eigenvalue weighted by Gasteiger charge is 2.28. The normalized spacial score (nSPS) is 16.6. The van der Waals surface area contributed by atoms with E-state index < -0.39 is 5.91 Å². The summed E-state index contributed by atoms with van der Waals surface area (Å²) in [7, 11) is 0. The molecular weight excluding hydrogens is 414 g/mol. The Hall–Kier alpha value is -2.61. The van der Waals surface area contributed by atoms with Gasteiger partial charge in [-0.3, -0.25) is 14.4 Å². The second-order valence-corrected chi connectivity index (χ2v) is 7.10. The highest BCUT2D eigenvalue weighted by molar-refractivity contribution is 9.10. The molecule has 8 heteroatoms. The van der Waals surface area contributed by atoms with Crippen molar-refractivity contribution in [2.75, 3.05) is 25.0 Å². The Morgan fingerprint density at radius 1 is 1.15 bits per heavy atom. The zero-order chi connectivity index (χ0) is 19.2. The molecule has 1 aliphatic rings. The Balaban J connectivity index is 1.50. The van der Waals surface area contributed by atoms with Gasteiger partial charge in [0.05, 0.1) is 12.5 Å². The lowest BCUT2D eigenvalue weighted by Crippen LogP contribution is -2.47. The van der Waals surface area contributed by atoms with Crippen molar-refractivity contribution in [3.05, 3.63) is 52.9 Å². The quantitative estimate of drug-likeness (QED) is 0.757. The number of amides is 3. The van der Waals surface area contributed by atoms with Crippen LogP contribution < -0.4 is 10.6 Å². The third-order valence-electron chi connectivity index (χ3n) is 4.38. The van der Waals surface area contributed by atoms with Gasteiger partial charge in [0, 0.05) is 18.8 Å². The van der Waals surface area contributed by atoms with E-state index in [1.807, 2.05) is 30.3 Å². The molecule has 1 aromatic carbocycles. The maximum Gasteiger partial charge on any atom is 0.287 e. The number of nitrogens with zero attached hydrogens (tertiary/aromatic N) is 1. The molecule has 0 bridgehead atoms. The number of hydrogen-bond acceptors (Lipinski definition) is 4. The third-order valence-corrected chi connectivity index (χ3v) is 4.81. The van der Waals surface area contributed by atoms with Crippen LogP contribution in [0.1, 0.15) is 23.4 Å². The molecule has 7 nitrogen and oxygen atoms in total. The van der Waals surface area contributed by atoms with Crippen molar-refractivity contribution in [1.29, 1.82) is 0 Å². The first kappa shape index (κ1) is 19.2. The van der Waals surface area contributed by atoms with E-state index in [-0.39, 0.29) is 30.0 Å². The van der Waals surface area contributed by atoms with Crippen LogP contribution in [-0.4, -0.2) is 42.3 Å². The Kier molecular flexibility index (Phi) is 6.28. The Morgan fingerprint density at radius 3 is 2.63 bits per heavy atom. The standard InChI is InChI=1S/C19H20BrN3O4/c20-16-9-8-15(27-16)19(26)21-11-17(24)23-10-4-5-13(12-23)18(25)22-14-6-2-1-3-7-14/h1-3,6-9,13H,4-5,10-12H2,(H,21,26)(H,22,25)/t13-/m0/s1. The minimum Gasteiger partial charge on any atom is -0.444 e. The van der Waals surface area contributed by atoms with Crippen LogP contribution in [0.2, 0.25) is 0 Å². The van der Waals surface area contributed by atoms with E-state index in [0.717, 1.165) is 18.5 Å². The molecule has 2 aromatic rings. The lowest BCUT2D eigenvalue weighted by atomic mass is 9.97. The summed E-state index contributed by atoms with van der Waals surface area (Å²) in [5.74, 6) is -0.896. The maximum absolute atomic E-state index is 12.5. The van der Waals surface area contributed by atoms with E-state index in [1.165, 1.54) is 6.07 Å². The summed E-state index contributed by atoms with van der Waals surface area (Å²) in [5.41, 5.74) is 0.739. The Labute approximate surface area is 165 Å². The lowest BCUT2D eigenvalue weighted by molar-refractivity contribution is -0.133. The van der Waals surface area contributed by atoms with Gasteiger partial charge in [0.25, 0.3) is 5.91 Å². The van der Waals surface area contributed by atoms with E-state index in [9.17, 15) is 14.4 Å². The molecule has 1 aromatic heterocycles. The fraction of sp³-hybridized carbons (Fsp3) is 0.316. The number of nitrogens with one attached hydrogen (secondary N) is 2. The highest BCUT2D eigenvalue weighted by Crippen LogP contribution is 2.19. The summed E-state index contributed by atoms with van der Waals surface area (Å²) in [6.07, 6.45) is 1.48. The highest BCUT2D eigenvalue weighted by atomic mass is 79.9. The van der Waals surface area contributed by atoms with Crippen LogP contribution in [-0.2, 0) is 9.59 Å². The fourth-order valence-electron chi connectivity index (χ4n) is 2.97. The van der Waals surface area contributed by atoms with E-state index in [4.69, 9.17) is 4.42 Å². The number of halogens is 1. The number of carbonyl (C=O) groups is 3. The number of piperidine rings is 1. The van der Waals surface area contributed by atoms with Crippen molar-refractivity contribution in [1.82, 2.24) is 10.2 Å². The molecule has 142 valence electrons. The molecular formula is C19H20BrN3O4. The minimum atomic E-state index is -0.454. The van der Waals surface area contributed by atoms with Gasteiger partial charge in [0.1, 0.15) is 0 Å². The van der Waals surface area contributed by atoms with Crippen molar-refractivity contribution in [3.8, 4) is 0 Å². The number of hydrogen-bond donors (Lipinski definition) is 2. The molecule has 1 atom stereocenters. The van der Waals surface area contributed by atoms with Crippen LogP contribution in [0.5, 0.6) is 0 Å². The van der Waals surface area contributed by atoms with Crippen LogP contribution in [0, 0.1) is 5.92 Å². The number of benzene rings is 1. The number of rotatable bonds is 5. The summed E-state index contributed by atoms with van der Waals surface area (Å²) in [4.78, 5) is 38.4. The van der Waals surface area contributed by atoms with Crippen molar-refractivity contribution in [2.24, 2.45) is 5.92 Å². The van der Waals surface area contributed by atoms with Crippen LogP contribution in [0.25, 0.3) is 0 Å². The van der Waals surface area contributed by atoms with E-state index in [1.54, 1.807) is 11.0 Å². The predicted octanol–water partition coefficient (Wildman–Crippen LogP) is 2.65. The zero-order valence-electron chi connectivity index (χ0n) is 14.6. The number of furan rings is 1. The largest absolute Gasteiger partial charge is 0.444 e. The van der Waals surface area contributed by atoms with Gasteiger partial charge in [-0.15, -0.1) is 0 Å². The number of anilines is 1. The molecule has 0 spiro atoms. The van der Waals surface area contributed by atoms with Gasteiger partial charge in [-0.1, -0.05) is 18.2 Å². The van der Waals surface area contributed by atoms with E-state index in [2.05, 4.69) is 26.6 Å². The third kappa shape index (κ3) is 5.19. The minimum absolute atomic E-state index is 0.0943. The topological polar surface area (TPSA) is 91.7 Å². The van der Waals surface area contributed by atoms with Crippen LogP contribution in [0.15, 0.2) is 51.6 Å². The average molecular weight is 434 g/mol. The second-order valence-electron chi connectivity index (χ2n) is 6.32. The SMILES string of the molecule is O=C(NCC(=O)N1CCC[C@H](C(=O)Nc2ccccc2)C1)c1ccc(Br)o1. The average Bonchev–Trinajstić information content (AvgIpc) is 3.13. The molecule has 0 radical (unpaired) electrons. The van der Waals surface area contributed by atoms with Gasteiger partial charge < -0.3 is 20.0 Å². The van der Waals surface area contributed by atoms with Gasteiger partial charge in [-0.05, 0) is 53.0 Å².